The molecule has 0 spiro atoms. The highest BCUT2D eigenvalue weighted by Gasteiger charge is 2.14. The number of rotatable bonds is 3. The van der Waals surface area contributed by atoms with Crippen LogP contribution in [-0.2, 0) is 7.05 Å². The van der Waals surface area contributed by atoms with Crippen molar-refractivity contribution in [2.45, 2.75) is 10.2 Å². The first-order valence-corrected chi connectivity index (χ1v) is 9.26. The Kier molecular flexibility index (Phi) is 4.24. The third-order valence-corrected chi connectivity index (χ3v) is 5.79. The van der Waals surface area contributed by atoms with E-state index in [1.54, 1.807) is 19.2 Å². The average Bonchev–Trinajstić information content (AvgIpc) is 3.11. The van der Waals surface area contributed by atoms with Gasteiger partial charge in [-0.2, -0.15) is 5.26 Å². The molecule has 3 heterocycles. The summed E-state index contributed by atoms with van der Waals surface area (Å²) in [6.07, 6.45) is 0. The van der Waals surface area contributed by atoms with Gasteiger partial charge in [0, 0.05) is 11.9 Å². The summed E-state index contributed by atoms with van der Waals surface area (Å²) in [5, 5.41) is 18.3. The SMILES string of the molecule is Cn1c(Sc2ccc(C#N)nn2)nc2sc(-c3ccccc3)cc2c1=O. The van der Waals surface area contributed by atoms with Crippen LogP contribution in [0, 0.1) is 11.3 Å². The summed E-state index contributed by atoms with van der Waals surface area (Å²) in [6.45, 7) is 0. The van der Waals surface area contributed by atoms with E-state index in [0.717, 1.165) is 10.4 Å². The Balaban J connectivity index is 1.77. The van der Waals surface area contributed by atoms with Crippen molar-refractivity contribution in [3.63, 3.8) is 0 Å². The fraction of sp³-hybridized carbons (Fsp3) is 0.0556. The van der Waals surface area contributed by atoms with E-state index >= 15 is 0 Å². The summed E-state index contributed by atoms with van der Waals surface area (Å²) < 4.78 is 1.51. The summed E-state index contributed by atoms with van der Waals surface area (Å²) in [6, 6.07) is 17.0. The molecule has 8 heteroatoms. The number of nitrogens with zero attached hydrogens (tertiary/aromatic N) is 5. The zero-order valence-corrected chi connectivity index (χ0v) is 15.2. The molecule has 0 saturated heterocycles. The molecule has 1 aromatic carbocycles. The maximum Gasteiger partial charge on any atom is 0.262 e. The molecule has 126 valence electrons. The molecule has 4 rings (SSSR count). The molecule has 0 unspecified atom stereocenters. The Labute approximate surface area is 156 Å². The van der Waals surface area contributed by atoms with Crippen LogP contribution in [0.2, 0.25) is 0 Å². The molecule has 0 fully saturated rings. The first kappa shape index (κ1) is 16.4. The van der Waals surface area contributed by atoms with Gasteiger partial charge in [-0.3, -0.25) is 9.36 Å². The van der Waals surface area contributed by atoms with Crippen molar-refractivity contribution in [1.82, 2.24) is 19.7 Å². The number of hydrogen-bond acceptors (Lipinski definition) is 7. The highest BCUT2D eigenvalue weighted by molar-refractivity contribution is 7.99. The summed E-state index contributed by atoms with van der Waals surface area (Å²) in [5.74, 6) is 0. The first-order valence-electron chi connectivity index (χ1n) is 7.63. The van der Waals surface area contributed by atoms with E-state index < -0.39 is 0 Å². The zero-order chi connectivity index (χ0) is 18.1. The molecule has 0 aliphatic heterocycles. The van der Waals surface area contributed by atoms with Crippen LogP contribution in [0.25, 0.3) is 20.7 Å². The Bertz CT molecular complexity index is 1190. The van der Waals surface area contributed by atoms with Crippen molar-refractivity contribution in [2.75, 3.05) is 0 Å². The second-order valence-corrected chi connectivity index (χ2v) is 7.44. The van der Waals surface area contributed by atoms with Gasteiger partial charge in [-0.1, -0.05) is 30.3 Å². The fourth-order valence-corrected chi connectivity index (χ4v) is 4.26. The Hall–Kier alpha value is -3.02. The number of aromatic nitrogens is 4. The van der Waals surface area contributed by atoms with Crippen LogP contribution in [0.5, 0.6) is 0 Å². The van der Waals surface area contributed by atoms with Gasteiger partial charge in [0.25, 0.3) is 5.56 Å². The zero-order valence-electron chi connectivity index (χ0n) is 13.6. The largest absolute Gasteiger partial charge is 0.290 e. The van der Waals surface area contributed by atoms with Crippen LogP contribution in [0.1, 0.15) is 5.69 Å². The second-order valence-electron chi connectivity index (χ2n) is 5.42. The van der Waals surface area contributed by atoms with Crippen LogP contribution in [0.3, 0.4) is 0 Å². The fourth-order valence-electron chi connectivity index (χ4n) is 2.41. The maximum absolute atomic E-state index is 12.7. The maximum atomic E-state index is 12.7. The first-order chi connectivity index (χ1) is 12.7. The Morgan fingerprint density at radius 1 is 1.15 bits per heavy atom. The third kappa shape index (κ3) is 2.98. The third-order valence-electron chi connectivity index (χ3n) is 3.74. The molecule has 0 bridgehead atoms. The number of hydrogen-bond donors (Lipinski definition) is 0. The number of thiophene rings is 1. The second kappa shape index (κ2) is 6.71. The topological polar surface area (TPSA) is 84.5 Å². The minimum atomic E-state index is -0.0995. The molecule has 0 saturated carbocycles. The van der Waals surface area contributed by atoms with Gasteiger partial charge in [0.05, 0.1) is 5.39 Å². The van der Waals surface area contributed by atoms with Gasteiger partial charge < -0.3 is 0 Å². The quantitative estimate of drug-likeness (QED) is 0.508. The molecule has 0 aliphatic rings. The van der Waals surface area contributed by atoms with E-state index in [1.807, 2.05) is 42.5 Å². The van der Waals surface area contributed by atoms with Crippen molar-refractivity contribution in [3.05, 3.63) is 64.6 Å². The smallest absolute Gasteiger partial charge is 0.262 e. The van der Waals surface area contributed by atoms with Crippen molar-refractivity contribution in [3.8, 4) is 16.5 Å². The molecule has 0 aliphatic carbocycles. The van der Waals surface area contributed by atoms with Gasteiger partial charge in [0.15, 0.2) is 10.9 Å². The number of fused-ring (bicyclic) bond motifs is 1. The summed E-state index contributed by atoms with van der Waals surface area (Å²) in [4.78, 5) is 19.0. The molecule has 0 radical (unpaired) electrons. The minimum Gasteiger partial charge on any atom is -0.290 e. The highest BCUT2D eigenvalue weighted by atomic mass is 32.2. The Morgan fingerprint density at radius 3 is 2.65 bits per heavy atom. The van der Waals surface area contributed by atoms with Gasteiger partial charge in [-0.05, 0) is 35.5 Å². The highest BCUT2D eigenvalue weighted by Crippen LogP contribution is 2.32. The molecule has 26 heavy (non-hydrogen) atoms. The molecular formula is C18H11N5OS2. The van der Waals surface area contributed by atoms with Gasteiger partial charge >= 0.3 is 0 Å². The molecule has 6 nitrogen and oxygen atoms in total. The average molecular weight is 377 g/mol. The van der Waals surface area contributed by atoms with Crippen molar-refractivity contribution in [2.24, 2.45) is 7.05 Å². The van der Waals surface area contributed by atoms with Gasteiger partial charge in [-0.15, -0.1) is 21.5 Å². The van der Waals surface area contributed by atoms with Crippen LogP contribution in [0.15, 0.2) is 63.5 Å². The van der Waals surface area contributed by atoms with Crippen molar-refractivity contribution < 1.29 is 0 Å². The van der Waals surface area contributed by atoms with Crippen LogP contribution in [-0.4, -0.2) is 19.7 Å². The lowest BCUT2D eigenvalue weighted by molar-refractivity contribution is 0.726. The summed E-state index contributed by atoms with van der Waals surface area (Å²) >= 11 is 2.73. The van der Waals surface area contributed by atoms with E-state index in [-0.39, 0.29) is 11.3 Å². The van der Waals surface area contributed by atoms with E-state index in [9.17, 15) is 4.79 Å². The predicted molar refractivity (Wildman–Crippen MR) is 101 cm³/mol. The van der Waals surface area contributed by atoms with E-state index in [1.165, 1.54) is 27.7 Å². The monoisotopic (exact) mass is 377 g/mol. The lowest BCUT2D eigenvalue weighted by Gasteiger charge is -2.05. The summed E-state index contributed by atoms with van der Waals surface area (Å²) in [7, 11) is 1.69. The van der Waals surface area contributed by atoms with E-state index in [2.05, 4.69) is 15.2 Å². The van der Waals surface area contributed by atoms with Gasteiger partial charge in [0.2, 0.25) is 0 Å². The normalized spacial score (nSPS) is 10.8. The van der Waals surface area contributed by atoms with Gasteiger partial charge in [0.1, 0.15) is 15.9 Å². The Morgan fingerprint density at radius 2 is 1.96 bits per heavy atom. The van der Waals surface area contributed by atoms with E-state index in [4.69, 9.17) is 5.26 Å². The van der Waals surface area contributed by atoms with Gasteiger partial charge in [-0.25, -0.2) is 4.98 Å². The molecule has 0 N–H and O–H groups in total. The van der Waals surface area contributed by atoms with Crippen LogP contribution in [0.4, 0.5) is 0 Å². The molecular weight excluding hydrogens is 366 g/mol. The standard InChI is InChI=1S/C18H11N5OS2/c1-23-17(24)13-9-14(11-5-3-2-4-6-11)25-16(13)20-18(23)26-15-8-7-12(10-19)21-22-15/h2-9H,1H3. The summed E-state index contributed by atoms with van der Waals surface area (Å²) in [5.41, 5.74) is 1.21. The van der Waals surface area contributed by atoms with Crippen molar-refractivity contribution in [1.29, 1.82) is 5.26 Å². The van der Waals surface area contributed by atoms with Crippen molar-refractivity contribution >= 4 is 33.3 Å². The predicted octanol–water partition coefficient (Wildman–Crippen LogP) is 3.47. The molecule has 0 atom stereocenters. The van der Waals surface area contributed by atoms with E-state index in [0.29, 0.717) is 20.4 Å². The molecule has 0 amide bonds. The lowest BCUT2D eigenvalue weighted by atomic mass is 10.2. The lowest BCUT2D eigenvalue weighted by Crippen LogP contribution is -2.19. The molecule has 3 aromatic heterocycles. The molecule has 4 aromatic rings. The minimum absolute atomic E-state index is 0.0995. The number of benzene rings is 1. The number of nitriles is 1. The van der Waals surface area contributed by atoms with Crippen LogP contribution < -0.4 is 5.56 Å². The van der Waals surface area contributed by atoms with Crippen LogP contribution >= 0.6 is 23.1 Å².